The molecule has 0 aromatic heterocycles. The van der Waals surface area contributed by atoms with Crippen LogP contribution in [0.4, 0.5) is 15.8 Å². The molecule has 2 aromatic rings. The van der Waals surface area contributed by atoms with Gasteiger partial charge in [-0.15, -0.1) is 0 Å². The lowest BCUT2D eigenvalue weighted by molar-refractivity contribution is -0.384. The number of benzene rings is 2. The van der Waals surface area contributed by atoms with Crippen molar-refractivity contribution in [1.82, 2.24) is 0 Å². The number of anilines is 1. The zero-order chi connectivity index (χ0) is 13.8. The number of hydrogen-bond acceptors (Lipinski definition) is 3. The highest BCUT2D eigenvalue weighted by Crippen LogP contribution is 2.22. The predicted molar refractivity (Wildman–Crippen MR) is 71.8 cm³/mol. The Morgan fingerprint density at radius 3 is 2.68 bits per heavy atom. The summed E-state index contributed by atoms with van der Waals surface area (Å²) in [5.74, 6) is -0.412. The summed E-state index contributed by atoms with van der Waals surface area (Å²) in [6, 6.07) is 10.4. The first-order chi connectivity index (χ1) is 9.08. The second kappa shape index (κ2) is 5.67. The van der Waals surface area contributed by atoms with E-state index in [9.17, 15) is 14.5 Å². The van der Waals surface area contributed by atoms with E-state index < -0.39 is 10.7 Å². The van der Waals surface area contributed by atoms with Crippen LogP contribution in [0.3, 0.4) is 0 Å². The Balaban J connectivity index is 2.15. The molecule has 6 heteroatoms. The van der Waals surface area contributed by atoms with Crippen LogP contribution in [0.1, 0.15) is 5.56 Å². The van der Waals surface area contributed by atoms with E-state index in [-0.39, 0.29) is 12.2 Å². The maximum absolute atomic E-state index is 13.5. The minimum atomic E-state index is -0.485. The minimum absolute atomic E-state index is 0.0235. The standard InChI is InChI=1S/C13H10ClFN2O2/c14-12-5-2-6-13(15)11(12)8-16-9-3-1-4-10(7-9)17(18)19/h1-7,16H,8H2. The van der Waals surface area contributed by atoms with Gasteiger partial charge in [-0.05, 0) is 18.2 Å². The van der Waals surface area contributed by atoms with Crippen LogP contribution < -0.4 is 5.32 Å². The Hall–Kier alpha value is -2.14. The summed E-state index contributed by atoms with van der Waals surface area (Å²) in [5, 5.41) is 13.9. The SMILES string of the molecule is O=[N+]([O-])c1cccc(NCc2c(F)cccc2Cl)c1. The molecule has 0 atom stereocenters. The fraction of sp³-hybridized carbons (Fsp3) is 0.0769. The highest BCUT2D eigenvalue weighted by atomic mass is 35.5. The first-order valence-corrected chi connectivity index (χ1v) is 5.87. The topological polar surface area (TPSA) is 55.2 Å². The van der Waals surface area contributed by atoms with Crippen LogP contribution in [-0.4, -0.2) is 4.92 Å². The summed E-state index contributed by atoms with van der Waals surface area (Å²) in [7, 11) is 0. The Bertz CT molecular complexity index is 599. The highest BCUT2D eigenvalue weighted by Gasteiger charge is 2.08. The second-order valence-electron chi connectivity index (χ2n) is 3.86. The van der Waals surface area contributed by atoms with Gasteiger partial charge in [0, 0.05) is 35.0 Å². The zero-order valence-electron chi connectivity index (χ0n) is 9.77. The van der Waals surface area contributed by atoms with Crippen molar-refractivity contribution in [1.29, 1.82) is 0 Å². The van der Waals surface area contributed by atoms with Crippen molar-refractivity contribution < 1.29 is 9.31 Å². The fourth-order valence-corrected chi connectivity index (χ4v) is 1.85. The van der Waals surface area contributed by atoms with Crippen molar-refractivity contribution in [2.45, 2.75) is 6.54 Å². The molecule has 0 unspecified atom stereocenters. The molecular weight excluding hydrogens is 271 g/mol. The first kappa shape index (κ1) is 13.3. The average Bonchev–Trinajstić information content (AvgIpc) is 2.38. The number of nitro groups is 1. The molecule has 2 aromatic carbocycles. The van der Waals surface area contributed by atoms with Gasteiger partial charge in [-0.1, -0.05) is 23.7 Å². The Kier molecular flexibility index (Phi) is 3.97. The Morgan fingerprint density at radius 2 is 2.00 bits per heavy atom. The van der Waals surface area contributed by atoms with Gasteiger partial charge < -0.3 is 5.32 Å². The minimum Gasteiger partial charge on any atom is -0.381 e. The van der Waals surface area contributed by atoms with Crippen molar-refractivity contribution in [2.24, 2.45) is 0 Å². The number of non-ortho nitro benzene ring substituents is 1. The molecule has 2 rings (SSSR count). The normalized spacial score (nSPS) is 10.2. The number of nitro benzene ring substituents is 1. The van der Waals surface area contributed by atoms with E-state index in [1.165, 1.54) is 24.3 Å². The molecule has 0 spiro atoms. The van der Waals surface area contributed by atoms with Crippen LogP contribution in [0.2, 0.25) is 5.02 Å². The third-order valence-electron chi connectivity index (χ3n) is 2.59. The molecule has 0 aliphatic carbocycles. The molecule has 4 nitrogen and oxygen atoms in total. The third-order valence-corrected chi connectivity index (χ3v) is 2.94. The van der Waals surface area contributed by atoms with E-state index in [1.807, 2.05) is 0 Å². The molecular formula is C13H10ClFN2O2. The molecule has 19 heavy (non-hydrogen) atoms. The van der Waals surface area contributed by atoms with E-state index in [2.05, 4.69) is 5.32 Å². The Morgan fingerprint density at radius 1 is 1.26 bits per heavy atom. The lowest BCUT2D eigenvalue weighted by Gasteiger charge is -2.08. The lowest BCUT2D eigenvalue weighted by Crippen LogP contribution is -2.03. The summed E-state index contributed by atoms with van der Waals surface area (Å²) in [6.07, 6.45) is 0. The van der Waals surface area contributed by atoms with Gasteiger partial charge in [0.15, 0.2) is 0 Å². The summed E-state index contributed by atoms with van der Waals surface area (Å²) in [5.41, 5.74) is 0.842. The van der Waals surface area contributed by atoms with E-state index in [4.69, 9.17) is 11.6 Å². The highest BCUT2D eigenvalue weighted by molar-refractivity contribution is 6.31. The number of nitrogens with zero attached hydrogens (tertiary/aromatic N) is 1. The van der Waals surface area contributed by atoms with Gasteiger partial charge in [-0.3, -0.25) is 10.1 Å². The largest absolute Gasteiger partial charge is 0.381 e. The van der Waals surface area contributed by atoms with Gasteiger partial charge in [0.2, 0.25) is 0 Å². The summed E-state index contributed by atoms with van der Waals surface area (Å²) in [6.45, 7) is 0.159. The second-order valence-corrected chi connectivity index (χ2v) is 4.27. The molecule has 0 aliphatic heterocycles. The molecule has 0 radical (unpaired) electrons. The molecule has 0 bridgehead atoms. The van der Waals surface area contributed by atoms with Crippen LogP contribution in [0.5, 0.6) is 0 Å². The fourth-order valence-electron chi connectivity index (χ4n) is 1.62. The average molecular weight is 281 g/mol. The predicted octanol–water partition coefficient (Wildman–Crippen LogP) is 4.00. The molecule has 0 aliphatic rings. The molecule has 0 amide bonds. The molecule has 98 valence electrons. The third kappa shape index (κ3) is 3.20. The van der Waals surface area contributed by atoms with Crippen LogP contribution in [-0.2, 0) is 6.54 Å². The van der Waals surface area contributed by atoms with Crippen LogP contribution in [0.25, 0.3) is 0 Å². The monoisotopic (exact) mass is 280 g/mol. The maximum Gasteiger partial charge on any atom is 0.271 e. The van der Waals surface area contributed by atoms with E-state index in [0.29, 0.717) is 16.3 Å². The van der Waals surface area contributed by atoms with Crippen LogP contribution >= 0.6 is 11.6 Å². The molecule has 0 saturated heterocycles. The molecule has 1 N–H and O–H groups in total. The zero-order valence-corrected chi connectivity index (χ0v) is 10.5. The van der Waals surface area contributed by atoms with E-state index >= 15 is 0 Å². The van der Waals surface area contributed by atoms with Crippen molar-refractivity contribution >= 4 is 23.0 Å². The summed E-state index contributed by atoms with van der Waals surface area (Å²) in [4.78, 5) is 10.1. The smallest absolute Gasteiger partial charge is 0.271 e. The molecule has 0 fully saturated rings. The maximum atomic E-state index is 13.5. The molecule has 0 saturated carbocycles. The van der Waals surface area contributed by atoms with Crippen LogP contribution in [0.15, 0.2) is 42.5 Å². The van der Waals surface area contributed by atoms with E-state index in [1.54, 1.807) is 18.2 Å². The van der Waals surface area contributed by atoms with Gasteiger partial charge in [-0.2, -0.15) is 0 Å². The molecule has 0 heterocycles. The Labute approximate surface area is 114 Å². The van der Waals surface area contributed by atoms with Gasteiger partial charge in [0.25, 0.3) is 5.69 Å². The quantitative estimate of drug-likeness (QED) is 0.680. The summed E-state index contributed by atoms with van der Waals surface area (Å²) < 4.78 is 13.5. The van der Waals surface area contributed by atoms with Crippen molar-refractivity contribution in [3.8, 4) is 0 Å². The number of rotatable bonds is 4. The van der Waals surface area contributed by atoms with Crippen molar-refractivity contribution in [2.75, 3.05) is 5.32 Å². The number of halogens is 2. The van der Waals surface area contributed by atoms with Gasteiger partial charge in [0.1, 0.15) is 5.82 Å². The van der Waals surface area contributed by atoms with Crippen molar-refractivity contribution in [3.05, 3.63) is 69.0 Å². The number of nitrogens with one attached hydrogen (secondary N) is 1. The van der Waals surface area contributed by atoms with Crippen LogP contribution in [0, 0.1) is 15.9 Å². The van der Waals surface area contributed by atoms with Gasteiger partial charge in [0.05, 0.1) is 4.92 Å². The summed E-state index contributed by atoms with van der Waals surface area (Å²) >= 11 is 5.89. The number of hydrogen-bond donors (Lipinski definition) is 1. The van der Waals surface area contributed by atoms with Crippen molar-refractivity contribution in [3.63, 3.8) is 0 Å². The van der Waals surface area contributed by atoms with Gasteiger partial charge >= 0.3 is 0 Å². The lowest BCUT2D eigenvalue weighted by atomic mass is 10.2. The van der Waals surface area contributed by atoms with Gasteiger partial charge in [-0.25, -0.2) is 4.39 Å². The van der Waals surface area contributed by atoms with E-state index in [0.717, 1.165) is 0 Å². The first-order valence-electron chi connectivity index (χ1n) is 5.49.